The third-order valence-corrected chi connectivity index (χ3v) is 5.21. The van der Waals surface area contributed by atoms with E-state index in [9.17, 15) is 9.90 Å². The molecule has 0 aliphatic heterocycles. The van der Waals surface area contributed by atoms with Gasteiger partial charge in [0, 0.05) is 19.6 Å². The minimum absolute atomic E-state index is 0.0826. The fourth-order valence-electron chi connectivity index (χ4n) is 3.65. The van der Waals surface area contributed by atoms with E-state index in [1.54, 1.807) is 0 Å². The van der Waals surface area contributed by atoms with Gasteiger partial charge >= 0.3 is 0 Å². The zero-order chi connectivity index (χ0) is 15.6. The van der Waals surface area contributed by atoms with Gasteiger partial charge in [0.15, 0.2) is 0 Å². The van der Waals surface area contributed by atoms with E-state index >= 15 is 0 Å². The van der Waals surface area contributed by atoms with E-state index in [-0.39, 0.29) is 17.4 Å². The molecule has 1 saturated carbocycles. The number of aliphatic hydroxyl groups excluding tert-OH is 1. The van der Waals surface area contributed by atoms with Crippen molar-refractivity contribution in [3.05, 3.63) is 35.4 Å². The quantitative estimate of drug-likeness (QED) is 0.793. The summed E-state index contributed by atoms with van der Waals surface area (Å²) in [6, 6.07) is 7.70. The molecular formula is C18H25NO3. The number of nitrogens with one attached hydrogen (secondary N) is 1. The van der Waals surface area contributed by atoms with Crippen molar-refractivity contribution in [1.29, 1.82) is 0 Å². The van der Waals surface area contributed by atoms with Crippen LogP contribution in [0.25, 0.3) is 0 Å². The summed E-state index contributed by atoms with van der Waals surface area (Å²) in [7, 11) is 0. The molecule has 3 rings (SSSR count). The van der Waals surface area contributed by atoms with Gasteiger partial charge in [0.2, 0.25) is 5.91 Å². The monoisotopic (exact) mass is 303 g/mol. The molecule has 0 spiro atoms. The van der Waals surface area contributed by atoms with Crippen LogP contribution >= 0.6 is 0 Å². The van der Waals surface area contributed by atoms with Gasteiger partial charge < -0.3 is 15.2 Å². The second-order valence-corrected chi connectivity index (χ2v) is 6.50. The Balaban J connectivity index is 1.68. The summed E-state index contributed by atoms with van der Waals surface area (Å²) in [4.78, 5) is 12.8. The van der Waals surface area contributed by atoms with Crippen LogP contribution in [0, 0.1) is 5.41 Å². The zero-order valence-corrected chi connectivity index (χ0v) is 13.2. The van der Waals surface area contributed by atoms with Crippen LogP contribution in [0.4, 0.5) is 0 Å². The Labute approximate surface area is 131 Å². The van der Waals surface area contributed by atoms with E-state index in [0.717, 1.165) is 36.8 Å². The van der Waals surface area contributed by atoms with Gasteiger partial charge in [-0.05, 0) is 37.3 Å². The first kappa shape index (κ1) is 15.5. The highest BCUT2D eigenvalue weighted by atomic mass is 16.5. The van der Waals surface area contributed by atoms with Crippen LogP contribution in [0.5, 0.6) is 0 Å². The summed E-state index contributed by atoms with van der Waals surface area (Å²) in [5.41, 5.74) is 1.91. The van der Waals surface area contributed by atoms with Crippen LogP contribution in [0.15, 0.2) is 24.3 Å². The lowest BCUT2D eigenvalue weighted by atomic mass is 9.66. The summed E-state index contributed by atoms with van der Waals surface area (Å²) in [5, 5.41) is 13.4. The zero-order valence-electron chi connectivity index (χ0n) is 13.2. The number of ether oxygens (including phenoxy) is 1. The maximum atomic E-state index is 12.8. The Bertz CT molecular complexity index is 539. The summed E-state index contributed by atoms with van der Waals surface area (Å²) < 4.78 is 5.43. The molecule has 1 amide bonds. The van der Waals surface area contributed by atoms with E-state index in [2.05, 4.69) is 5.32 Å². The van der Waals surface area contributed by atoms with Crippen molar-refractivity contribution in [3.8, 4) is 0 Å². The Morgan fingerprint density at radius 3 is 2.86 bits per heavy atom. The van der Waals surface area contributed by atoms with Gasteiger partial charge in [0.1, 0.15) is 0 Å². The van der Waals surface area contributed by atoms with E-state index < -0.39 is 6.10 Å². The van der Waals surface area contributed by atoms with Crippen molar-refractivity contribution in [3.63, 3.8) is 0 Å². The number of carbonyl (C=O) groups is 1. The predicted octanol–water partition coefficient (Wildman–Crippen LogP) is 2.36. The highest BCUT2D eigenvalue weighted by Gasteiger charge is 2.45. The molecule has 2 aliphatic carbocycles. The topological polar surface area (TPSA) is 58.6 Å². The van der Waals surface area contributed by atoms with E-state index in [0.29, 0.717) is 19.6 Å². The third-order valence-electron chi connectivity index (χ3n) is 5.21. The second kappa shape index (κ2) is 6.39. The molecule has 0 saturated heterocycles. The van der Waals surface area contributed by atoms with Gasteiger partial charge in [-0.2, -0.15) is 0 Å². The van der Waals surface area contributed by atoms with Crippen molar-refractivity contribution in [2.45, 2.75) is 51.2 Å². The minimum Gasteiger partial charge on any atom is -0.390 e. The lowest BCUT2D eigenvalue weighted by Crippen LogP contribution is -2.48. The van der Waals surface area contributed by atoms with Crippen LogP contribution < -0.4 is 5.32 Å². The number of hydrogen-bond donors (Lipinski definition) is 2. The molecule has 1 aromatic rings. The minimum atomic E-state index is -0.523. The second-order valence-electron chi connectivity index (χ2n) is 6.50. The number of fused-ring (bicyclic) bond motifs is 1. The Morgan fingerprint density at radius 1 is 1.41 bits per heavy atom. The van der Waals surface area contributed by atoms with Gasteiger partial charge in [-0.25, -0.2) is 0 Å². The first-order chi connectivity index (χ1) is 10.7. The highest BCUT2D eigenvalue weighted by Crippen LogP contribution is 2.45. The van der Waals surface area contributed by atoms with Crippen LogP contribution in [-0.2, 0) is 16.0 Å². The van der Waals surface area contributed by atoms with Crippen molar-refractivity contribution in [2.75, 3.05) is 13.2 Å². The van der Waals surface area contributed by atoms with Gasteiger partial charge in [0.25, 0.3) is 0 Å². The van der Waals surface area contributed by atoms with E-state index in [1.165, 1.54) is 0 Å². The van der Waals surface area contributed by atoms with Crippen molar-refractivity contribution in [2.24, 2.45) is 5.41 Å². The molecule has 0 heterocycles. The molecule has 2 N–H and O–H groups in total. The summed E-state index contributed by atoms with van der Waals surface area (Å²) in [6.45, 7) is 3.29. The van der Waals surface area contributed by atoms with E-state index in [1.807, 2.05) is 31.2 Å². The molecule has 0 bridgehead atoms. The number of amides is 1. The first-order valence-electron chi connectivity index (χ1n) is 8.31. The smallest absolute Gasteiger partial charge is 0.226 e. The van der Waals surface area contributed by atoms with Crippen LogP contribution in [0.1, 0.15) is 49.8 Å². The molecule has 4 heteroatoms. The van der Waals surface area contributed by atoms with Crippen LogP contribution in [-0.4, -0.2) is 30.3 Å². The van der Waals surface area contributed by atoms with Crippen molar-refractivity contribution >= 4 is 5.91 Å². The first-order valence-corrected chi connectivity index (χ1v) is 8.31. The summed E-state index contributed by atoms with van der Waals surface area (Å²) >= 11 is 0. The molecule has 22 heavy (non-hydrogen) atoms. The number of benzene rings is 1. The molecule has 0 unspecified atom stereocenters. The Kier molecular flexibility index (Phi) is 4.50. The number of carbonyl (C=O) groups excluding carboxylic acids is 1. The van der Waals surface area contributed by atoms with Gasteiger partial charge in [-0.15, -0.1) is 0 Å². The van der Waals surface area contributed by atoms with Gasteiger partial charge in [0.05, 0.1) is 17.6 Å². The molecule has 0 radical (unpaired) electrons. The molecule has 120 valence electrons. The standard InChI is InChI=1S/C18H25NO3/c1-2-22-11-10-18(8-5-9-18)17(21)19-16-14-7-4-3-6-13(14)12-15(16)20/h3-4,6-7,15-16,20H,2,5,8-12H2,1H3,(H,19,21)/t15-,16+/m1/s1. The molecule has 0 aromatic heterocycles. The summed E-state index contributed by atoms with van der Waals surface area (Å²) in [6.07, 6.45) is 3.82. The average molecular weight is 303 g/mol. The molecule has 2 atom stereocenters. The van der Waals surface area contributed by atoms with Gasteiger partial charge in [-0.1, -0.05) is 30.7 Å². The van der Waals surface area contributed by atoms with Crippen molar-refractivity contribution < 1.29 is 14.6 Å². The molecule has 4 nitrogen and oxygen atoms in total. The fourth-order valence-corrected chi connectivity index (χ4v) is 3.65. The normalized spacial score (nSPS) is 25.4. The fraction of sp³-hybridized carbons (Fsp3) is 0.611. The summed E-state index contributed by atoms with van der Waals surface area (Å²) in [5.74, 6) is 0.0826. The van der Waals surface area contributed by atoms with Crippen LogP contribution in [0.3, 0.4) is 0 Å². The predicted molar refractivity (Wildman–Crippen MR) is 84.4 cm³/mol. The molecule has 1 aromatic carbocycles. The molecule has 1 fully saturated rings. The Hall–Kier alpha value is -1.39. The van der Waals surface area contributed by atoms with E-state index in [4.69, 9.17) is 4.74 Å². The lowest BCUT2D eigenvalue weighted by molar-refractivity contribution is -0.139. The Morgan fingerprint density at radius 2 is 2.18 bits per heavy atom. The number of hydrogen-bond acceptors (Lipinski definition) is 3. The largest absolute Gasteiger partial charge is 0.390 e. The lowest BCUT2D eigenvalue weighted by Gasteiger charge is -2.41. The number of aliphatic hydroxyl groups is 1. The average Bonchev–Trinajstić information content (AvgIpc) is 2.78. The molecular weight excluding hydrogens is 278 g/mol. The maximum absolute atomic E-state index is 12.8. The SMILES string of the molecule is CCOCCC1(C(=O)N[C@H]2c3ccccc3C[C@H]2O)CCC1. The third kappa shape index (κ3) is 2.77. The highest BCUT2D eigenvalue weighted by molar-refractivity contribution is 5.84. The maximum Gasteiger partial charge on any atom is 0.226 e. The van der Waals surface area contributed by atoms with Gasteiger partial charge in [-0.3, -0.25) is 4.79 Å². The molecule has 2 aliphatic rings. The van der Waals surface area contributed by atoms with Crippen molar-refractivity contribution in [1.82, 2.24) is 5.32 Å². The van der Waals surface area contributed by atoms with Crippen LogP contribution in [0.2, 0.25) is 0 Å². The number of rotatable bonds is 6.